The number of carbonyl (C=O) groups excluding carboxylic acids is 2. The largest absolute Gasteiger partial charge is 0.332 e. The lowest BCUT2D eigenvalue weighted by atomic mass is 9.94. The molecule has 5 nitrogen and oxygen atoms in total. The van der Waals surface area contributed by atoms with Crippen LogP contribution >= 0.6 is 0 Å². The molecule has 4 N–H and O–H groups in total. The van der Waals surface area contributed by atoms with Crippen LogP contribution in [-0.4, -0.2) is 18.4 Å². The number of carbonyl (C=O) groups is 2. The number of hydrogen-bond acceptors (Lipinski definition) is 2. The Morgan fingerprint density at radius 1 is 0.931 bits per heavy atom. The molecule has 0 radical (unpaired) electrons. The molecule has 0 aromatic heterocycles. The van der Waals surface area contributed by atoms with Gasteiger partial charge in [0.1, 0.15) is 6.04 Å². The van der Waals surface area contributed by atoms with E-state index < -0.39 is 0 Å². The fraction of sp³-hybridized carbons (Fsp3) is 0.417. The molecule has 5 heteroatoms. The van der Waals surface area contributed by atoms with Crippen LogP contribution < -0.4 is 16.0 Å². The van der Waals surface area contributed by atoms with Crippen molar-refractivity contribution in [1.82, 2.24) is 0 Å². The lowest BCUT2D eigenvalue weighted by Crippen LogP contribution is -2.88. The number of nitrogens with one attached hydrogen (secondary N) is 2. The molecule has 0 heterocycles. The Balaban J connectivity index is 1.90. The molecule has 0 spiro atoms. The summed E-state index contributed by atoms with van der Waals surface area (Å²) in [6.45, 7) is 8.40. The molecule has 0 saturated carbocycles. The van der Waals surface area contributed by atoms with Crippen molar-refractivity contribution in [2.45, 2.75) is 53.0 Å². The van der Waals surface area contributed by atoms with Crippen LogP contribution in [0.4, 0.5) is 11.4 Å². The van der Waals surface area contributed by atoms with Crippen molar-refractivity contribution in [2.75, 3.05) is 17.2 Å². The topological polar surface area (TPSA) is 74.8 Å². The second kappa shape index (κ2) is 11.4. The van der Waals surface area contributed by atoms with Gasteiger partial charge in [-0.1, -0.05) is 51.5 Å². The number of rotatable bonds is 10. The molecule has 0 fully saturated rings. The van der Waals surface area contributed by atoms with Gasteiger partial charge in [-0.3, -0.25) is 9.59 Å². The second-order valence-electron chi connectivity index (χ2n) is 7.86. The van der Waals surface area contributed by atoms with Gasteiger partial charge in [0.05, 0.1) is 0 Å². The number of amides is 2. The van der Waals surface area contributed by atoms with Crippen LogP contribution in [0.5, 0.6) is 0 Å². The van der Waals surface area contributed by atoms with Gasteiger partial charge in [-0.25, -0.2) is 0 Å². The summed E-state index contributed by atoms with van der Waals surface area (Å²) in [6.07, 6.45) is 3.54. The van der Waals surface area contributed by atoms with Crippen molar-refractivity contribution in [2.24, 2.45) is 5.92 Å². The van der Waals surface area contributed by atoms with E-state index in [4.69, 9.17) is 0 Å². The maximum atomic E-state index is 12.4. The first-order chi connectivity index (χ1) is 13.9. The summed E-state index contributed by atoms with van der Waals surface area (Å²) in [5.41, 5.74) is 4.06. The normalized spacial score (nSPS) is 11.9. The predicted molar refractivity (Wildman–Crippen MR) is 119 cm³/mol. The molecule has 2 rings (SSSR count). The highest BCUT2D eigenvalue weighted by molar-refractivity contribution is 5.92. The van der Waals surface area contributed by atoms with E-state index in [-0.39, 0.29) is 17.9 Å². The average molecular weight is 397 g/mol. The van der Waals surface area contributed by atoms with Crippen molar-refractivity contribution in [3.8, 4) is 0 Å². The maximum Gasteiger partial charge on any atom is 0.279 e. The van der Waals surface area contributed by atoms with Gasteiger partial charge in [0.15, 0.2) is 6.54 Å². The quantitative estimate of drug-likeness (QED) is 0.570. The Hall–Kier alpha value is -2.66. The van der Waals surface area contributed by atoms with E-state index in [1.54, 1.807) is 24.3 Å². The highest BCUT2D eigenvalue weighted by Crippen LogP contribution is 2.19. The Morgan fingerprint density at radius 2 is 1.52 bits per heavy atom. The van der Waals surface area contributed by atoms with Crippen molar-refractivity contribution in [1.29, 1.82) is 0 Å². The number of quaternary nitrogens is 1. The Bertz CT molecular complexity index is 783. The van der Waals surface area contributed by atoms with E-state index in [1.807, 2.05) is 0 Å². The molecule has 29 heavy (non-hydrogen) atoms. The molecule has 2 amide bonds. The highest BCUT2D eigenvalue weighted by atomic mass is 16.2. The van der Waals surface area contributed by atoms with E-state index >= 15 is 0 Å². The predicted octanol–water partition coefficient (Wildman–Crippen LogP) is 3.89. The Morgan fingerprint density at radius 3 is 2.03 bits per heavy atom. The van der Waals surface area contributed by atoms with E-state index in [2.05, 4.69) is 61.0 Å². The van der Waals surface area contributed by atoms with Gasteiger partial charge in [0.25, 0.3) is 5.91 Å². The summed E-state index contributed by atoms with van der Waals surface area (Å²) in [5.74, 6) is 0.262. The smallest absolute Gasteiger partial charge is 0.279 e. The first-order valence-electron chi connectivity index (χ1n) is 10.5. The third-order valence-corrected chi connectivity index (χ3v) is 4.95. The first-order valence-corrected chi connectivity index (χ1v) is 10.5. The minimum Gasteiger partial charge on any atom is -0.332 e. The molecule has 0 aliphatic heterocycles. The standard InChI is InChI=1S/C24H33N3O2/c1-5-6-7-19-8-10-20(11-9-19)24(17(2)3)25-16-23(29)27-22-14-12-21(13-15-22)26-18(4)28/h8-15,17,24-25H,5-7,16H2,1-4H3,(H,26,28)(H,27,29)/p+1/t24-/m1/s1. The molecule has 0 unspecified atom stereocenters. The molecule has 0 saturated heterocycles. The third-order valence-electron chi connectivity index (χ3n) is 4.95. The number of benzene rings is 2. The van der Waals surface area contributed by atoms with E-state index in [1.165, 1.54) is 30.9 Å². The van der Waals surface area contributed by atoms with Crippen LogP contribution in [0.25, 0.3) is 0 Å². The monoisotopic (exact) mass is 396 g/mol. The van der Waals surface area contributed by atoms with Crippen LogP contribution in [0.1, 0.15) is 57.7 Å². The zero-order valence-electron chi connectivity index (χ0n) is 18.0. The Kier molecular flexibility index (Phi) is 8.87. The third kappa shape index (κ3) is 7.70. The summed E-state index contributed by atoms with van der Waals surface area (Å²) < 4.78 is 0. The van der Waals surface area contributed by atoms with Gasteiger partial charge < -0.3 is 16.0 Å². The van der Waals surface area contributed by atoms with Crippen LogP contribution in [0, 0.1) is 5.92 Å². The number of anilines is 2. The SMILES string of the molecule is CCCCc1ccc([C@H]([NH2+]CC(=O)Nc2ccc(NC(C)=O)cc2)C(C)C)cc1. The molecule has 156 valence electrons. The van der Waals surface area contributed by atoms with Crippen LogP contribution in [0.2, 0.25) is 0 Å². The summed E-state index contributed by atoms with van der Waals surface area (Å²) in [5, 5.41) is 7.73. The summed E-state index contributed by atoms with van der Waals surface area (Å²) in [7, 11) is 0. The molecular weight excluding hydrogens is 362 g/mol. The lowest BCUT2D eigenvalue weighted by Gasteiger charge is -2.20. The molecular formula is C24H34N3O2+. The van der Waals surface area contributed by atoms with E-state index in [0.717, 1.165) is 12.1 Å². The molecule has 0 aliphatic carbocycles. The number of nitrogens with two attached hydrogens (primary N) is 1. The summed E-state index contributed by atoms with van der Waals surface area (Å²) in [4.78, 5) is 23.5. The van der Waals surface area contributed by atoms with E-state index in [9.17, 15) is 9.59 Å². The number of hydrogen-bond donors (Lipinski definition) is 3. The average Bonchev–Trinajstić information content (AvgIpc) is 2.68. The molecule has 1 atom stereocenters. The zero-order chi connectivity index (χ0) is 21.2. The highest BCUT2D eigenvalue weighted by Gasteiger charge is 2.20. The van der Waals surface area contributed by atoms with Gasteiger partial charge in [-0.15, -0.1) is 0 Å². The number of unbranched alkanes of at least 4 members (excludes halogenated alkanes) is 1. The van der Waals surface area contributed by atoms with Crippen molar-refractivity contribution >= 4 is 23.2 Å². The van der Waals surface area contributed by atoms with Gasteiger partial charge in [0, 0.05) is 29.8 Å². The van der Waals surface area contributed by atoms with Crippen molar-refractivity contribution in [3.63, 3.8) is 0 Å². The van der Waals surface area contributed by atoms with Crippen LogP contribution in [0.15, 0.2) is 48.5 Å². The fourth-order valence-electron chi connectivity index (χ4n) is 3.37. The zero-order valence-corrected chi connectivity index (χ0v) is 18.0. The lowest BCUT2D eigenvalue weighted by molar-refractivity contribution is -0.692. The second-order valence-corrected chi connectivity index (χ2v) is 7.86. The maximum absolute atomic E-state index is 12.4. The molecule has 2 aromatic rings. The molecule has 0 bridgehead atoms. The first kappa shape index (κ1) is 22.6. The molecule has 2 aromatic carbocycles. The molecule has 0 aliphatic rings. The number of aryl methyl sites for hydroxylation is 1. The van der Waals surface area contributed by atoms with Crippen molar-refractivity contribution < 1.29 is 14.9 Å². The van der Waals surface area contributed by atoms with Gasteiger partial charge in [0.2, 0.25) is 5.91 Å². The van der Waals surface area contributed by atoms with Gasteiger partial charge in [-0.05, 0) is 42.7 Å². The van der Waals surface area contributed by atoms with E-state index in [0.29, 0.717) is 18.2 Å². The minimum absolute atomic E-state index is 0.0394. The van der Waals surface area contributed by atoms with Crippen LogP contribution in [-0.2, 0) is 16.0 Å². The minimum atomic E-state index is -0.116. The summed E-state index contributed by atoms with van der Waals surface area (Å²) >= 11 is 0. The fourth-order valence-corrected chi connectivity index (χ4v) is 3.37. The Labute approximate surface area is 174 Å². The summed E-state index contributed by atoms with van der Waals surface area (Å²) in [6, 6.07) is 16.2. The van der Waals surface area contributed by atoms with Gasteiger partial charge >= 0.3 is 0 Å². The van der Waals surface area contributed by atoms with Crippen molar-refractivity contribution in [3.05, 3.63) is 59.7 Å². The van der Waals surface area contributed by atoms with Crippen LogP contribution in [0.3, 0.4) is 0 Å². The van der Waals surface area contributed by atoms with Gasteiger partial charge in [-0.2, -0.15) is 0 Å².